The Balaban J connectivity index is 1.82. The van der Waals surface area contributed by atoms with E-state index in [4.69, 9.17) is 4.74 Å². The number of benzene rings is 1. The summed E-state index contributed by atoms with van der Waals surface area (Å²) in [4.78, 5) is 13.4. The number of ether oxygens (including phenoxy) is 1. The van der Waals surface area contributed by atoms with E-state index in [-0.39, 0.29) is 18.6 Å². The fourth-order valence-corrected chi connectivity index (χ4v) is 2.03. The van der Waals surface area contributed by atoms with Gasteiger partial charge in [0.2, 0.25) is 0 Å². The lowest BCUT2D eigenvalue weighted by molar-refractivity contribution is 0.0192. The number of piperidine rings is 1. The highest BCUT2D eigenvalue weighted by Gasteiger charge is 2.27. The molecule has 1 aromatic rings. The summed E-state index contributed by atoms with van der Waals surface area (Å²) in [6.07, 6.45) is 0.0366. The van der Waals surface area contributed by atoms with E-state index in [1.54, 1.807) is 4.90 Å². The Morgan fingerprint density at radius 1 is 1.44 bits per heavy atom. The second kappa shape index (κ2) is 5.87. The van der Waals surface area contributed by atoms with Crippen molar-refractivity contribution in [1.82, 2.24) is 4.90 Å². The quantitative estimate of drug-likeness (QED) is 0.872. The van der Waals surface area contributed by atoms with Crippen LogP contribution in [0.15, 0.2) is 30.3 Å². The standard InChI is InChI=1S/C14H19NO3/c1-11-7-8-15(9-13(11)16)14(17)18-10-12-5-3-2-4-6-12/h2-6,11,13,16H,7-10H2,1H3/t11-,13+/m1/s1. The van der Waals surface area contributed by atoms with Crippen LogP contribution < -0.4 is 0 Å². The molecule has 1 N–H and O–H groups in total. The summed E-state index contributed by atoms with van der Waals surface area (Å²) in [5.41, 5.74) is 0.969. The molecule has 0 spiro atoms. The van der Waals surface area contributed by atoms with Gasteiger partial charge < -0.3 is 14.7 Å². The Hall–Kier alpha value is -1.55. The third-order valence-electron chi connectivity index (χ3n) is 3.38. The largest absolute Gasteiger partial charge is 0.445 e. The van der Waals surface area contributed by atoms with Gasteiger partial charge in [-0.3, -0.25) is 0 Å². The molecule has 1 aliphatic heterocycles. The Bertz CT molecular complexity index is 393. The van der Waals surface area contributed by atoms with E-state index in [2.05, 4.69) is 0 Å². The molecule has 2 rings (SSSR count). The van der Waals surface area contributed by atoms with Crippen LogP contribution in [-0.2, 0) is 11.3 Å². The first-order valence-electron chi connectivity index (χ1n) is 6.30. The van der Waals surface area contributed by atoms with Crippen LogP contribution in [0.3, 0.4) is 0 Å². The number of amides is 1. The normalized spacial score (nSPS) is 23.8. The summed E-state index contributed by atoms with van der Waals surface area (Å²) >= 11 is 0. The van der Waals surface area contributed by atoms with Crippen molar-refractivity contribution in [2.75, 3.05) is 13.1 Å². The third kappa shape index (κ3) is 3.23. The predicted octanol–water partition coefficient (Wildman–Crippen LogP) is 2.03. The number of rotatable bonds is 2. The van der Waals surface area contributed by atoms with Crippen molar-refractivity contribution in [3.8, 4) is 0 Å². The minimum Gasteiger partial charge on any atom is -0.445 e. The molecule has 0 unspecified atom stereocenters. The van der Waals surface area contributed by atoms with E-state index in [0.29, 0.717) is 13.1 Å². The van der Waals surface area contributed by atoms with Gasteiger partial charge in [-0.05, 0) is 17.9 Å². The van der Waals surface area contributed by atoms with E-state index in [1.165, 1.54) is 0 Å². The van der Waals surface area contributed by atoms with Gasteiger partial charge in [0.15, 0.2) is 0 Å². The highest BCUT2D eigenvalue weighted by Crippen LogP contribution is 2.17. The zero-order valence-corrected chi connectivity index (χ0v) is 10.6. The van der Waals surface area contributed by atoms with Gasteiger partial charge in [0, 0.05) is 6.54 Å². The van der Waals surface area contributed by atoms with E-state index >= 15 is 0 Å². The molecular weight excluding hydrogens is 230 g/mol. The molecule has 18 heavy (non-hydrogen) atoms. The van der Waals surface area contributed by atoms with Gasteiger partial charge in [-0.1, -0.05) is 37.3 Å². The number of β-amino-alcohol motifs (C(OH)–C–C–N with tert-alkyl or cyclic N) is 1. The molecule has 0 aromatic heterocycles. The van der Waals surface area contributed by atoms with E-state index in [9.17, 15) is 9.90 Å². The number of carbonyl (C=O) groups excluding carboxylic acids is 1. The van der Waals surface area contributed by atoms with Crippen LogP contribution in [0.2, 0.25) is 0 Å². The number of aliphatic hydroxyl groups is 1. The van der Waals surface area contributed by atoms with Crippen molar-refractivity contribution < 1.29 is 14.6 Å². The van der Waals surface area contributed by atoms with Crippen LogP contribution in [0.5, 0.6) is 0 Å². The number of hydrogen-bond acceptors (Lipinski definition) is 3. The van der Waals surface area contributed by atoms with Gasteiger partial charge in [0.25, 0.3) is 0 Å². The zero-order valence-electron chi connectivity index (χ0n) is 10.6. The molecule has 98 valence electrons. The molecule has 1 aromatic carbocycles. The van der Waals surface area contributed by atoms with Crippen molar-refractivity contribution in [1.29, 1.82) is 0 Å². The van der Waals surface area contributed by atoms with Crippen molar-refractivity contribution in [2.24, 2.45) is 5.92 Å². The lowest BCUT2D eigenvalue weighted by atomic mass is 9.96. The fraction of sp³-hybridized carbons (Fsp3) is 0.500. The van der Waals surface area contributed by atoms with Gasteiger partial charge in [0.1, 0.15) is 6.61 Å². The minimum absolute atomic E-state index is 0.253. The molecule has 2 atom stereocenters. The fourth-order valence-electron chi connectivity index (χ4n) is 2.03. The monoisotopic (exact) mass is 249 g/mol. The van der Waals surface area contributed by atoms with Crippen molar-refractivity contribution in [3.05, 3.63) is 35.9 Å². The highest BCUT2D eigenvalue weighted by atomic mass is 16.6. The molecule has 1 amide bonds. The molecule has 4 heteroatoms. The van der Waals surface area contributed by atoms with Crippen molar-refractivity contribution in [3.63, 3.8) is 0 Å². The van der Waals surface area contributed by atoms with Gasteiger partial charge in [-0.2, -0.15) is 0 Å². The minimum atomic E-state index is -0.442. The summed E-state index contributed by atoms with van der Waals surface area (Å²) < 4.78 is 5.23. The second-order valence-corrected chi connectivity index (χ2v) is 4.82. The Labute approximate surface area is 107 Å². The Morgan fingerprint density at radius 2 is 2.17 bits per heavy atom. The lowest BCUT2D eigenvalue weighted by Gasteiger charge is -2.33. The summed E-state index contributed by atoms with van der Waals surface area (Å²) in [6, 6.07) is 9.58. The summed E-state index contributed by atoms with van der Waals surface area (Å²) in [7, 11) is 0. The molecule has 1 saturated heterocycles. The molecule has 0 aliphatic carbocycles. The molecule has 1 heterocycles. The van der Waals surface area contributed by atoms with Crippen LogP contribution in [0, 0.1) is 5.92 Å². The number of aliphatic hydroxyl groups excluding tert-OH is 1. The molecule has 1 aliphatic rings. The first-order chi connectivity index (χ1) is 8.66. The second-order valence-electron chi connectivity index (χ2n) is 4.82. The van der Waals surface area contributed by atoms with Gasteiger partial charge in [-0.15, -0.1) is 0 Å². The predicted molar refractivity (Wildman–Crippen MR) is 68.0 cm³/mol. The molecule has 4 nitrogen and oxygen atoms in total. The number of nitrogens with zero attached hydrogens (tertiary/aromatic N) is 1. The molecule has 0 saturated carbocycles. The van der Waals surface area contributed by atoms with Crippen LogP contribution in [0.4, 0.5) is 4.79 Å². The van der Waals surface area contributed by atoms with Crippen LogP contribution in [0.1, 0.15) is 18.9 Å². The summed E-state index contributed by atoms with van der Waals surface area (Å²) in [5, 5.41) is 9.73. The Kier molecular flexibility index (Phi) is 4.20. The Morgan fingerprint density at radius 3 is 2.83 bits per heavy atom. The number of likely N-dealkylation sites (tertiary alicyclic amines) is 1. The van der Waals surface area contributed by atoms with Crippen molar-refractivity contribution in [2.45, 2.75) is 26.1 Å². The van der Waals surface area contributed by atoms with Gasteiger partial charge in [0.05, 0.1) is 12.6 Å². The average Bonchev–Trinajstić information content (AvgIpc) is 2.40. The lowest BCUT2D eigenvalue weighted by Crippen LogP contribution is -2.45. The first kappa shape index (κ1) is 12.9. The van der Waals surface area contributed by atoms with Gasteiger partial charge in [-0.25, -0.2) is 4.79 Å². The number of carbonyl (C=O) groups is 1. The third-order valence-corrected chi connectivity index (χ3v) is 3.38. The number of hydrogen-bond donors (Lipinski definition) is 1. The maximum absolute atomic E-state index is 11.8. The highest BCUT2D eigenvalue weighted by molar-refractivity contribution is 5.67. The van der Waals surface area contributed by atoms with Crippen LogP contribution in [-0.4, -0.2) is 35.3 Å². The molecule has 0 bridgehead atoms. The molecular formula is C14H19NO3. The topological polar surface area (TPSA) is 49.8 Å². The van der Waals surface area contributed by atoms with E-state index < -0.39 is 6.10 Å². The molecule has 1 fully saturated rings. The van der Waals surface area contributed by atoms with Crippen molar-refractivity contribution >= 4 is 6.09 Å². The summed E-state index contributed by atoms with van der Waals surface area (Å²) in [6.45, 7) is 3.31. The van der Waals surface area contributed by atoms with E-state index in [1.807, 2.05) is 37.3 Å². The smallest absolute Gasteiger partial charge is 0.410 e. The SMILES string of the molecule is C[C@@H]1CCN(C(=O)OCc2ccccc2)C[C@@H]1O. The van der Waals surface area contributed by atoms with Gasteiger partial charge >= 0.3 is 6.09 Å². The maximum Gasteiger partial charge on any atom is 0.410 e. The van der Waals surface area contributed by atoms with Crippen LogP contribution in [0.25, 0.3) is 0 Å². The first-order valence-corrected chi connectivity index (χ1v) is 6.30. The maximum atomic E-state index is 11.8. The van der Waals surface area contributed by atoms with Crippen LogP contribution >= 0.6 is 0 Å². The molecule has 0 radical (unpaired) electrons. The summed E-state index contributed by atoms with van der Waals surface area (Å²) in [5.74, 6) is 0.253. The van der Waals surface area contributed by atoms with E-state index in [0.717, 1.165) is 12.0 Å². The zero-order chi connectivity index (χ0) is 13.0. The average molecular weight is 249 g/mol.